The fourth-order valence-corrected chi connectivity index (χ4v) is 3.14. The number of aromatic amines is 1. The molecule has 2 amide bonds. The molecule has 1 aliphatic rings. The van der Waals surface area contributed by atoms with Gasteiger partial charge in [-0.05, 0) is 24.3 Å². The van der Waals surface area contributed by atoms with Gasteiger partial charge in [-0.2, -0.15) is 0 Å². The van der Waals surface area contributed by atoms with Gasteiger partial charge in [0.2, 0.25) is 11.8 Å². The van der Waals surface area contributed by atoms with Gasteiger partial charge in [-0.15, -0.1) is 6.58 Å². The van der Waals surface area contributed by atoms with Crippen molar-refractivity contribution in [3.63, 3.8) is 0 Å². The van der Waals surface area contributed by atoms with E-state index in [0.717, 1.165) is 0 Å². The lowest BCUT2D eigenvalue weighted by molar-refractivity contribution is -0.123. The van der Waals surface area contributed by atoms with Gasteiger partial charge in [0.15, 0.2) is 5.16 Å². The van der Waals surface area contributed by atoms with Crippen LogP contribution in [-0.4, -0.2) is 27.5 Å². The minimum absolute atomic E-state index is 0.0795. The first kappa shape index (κ1) is 17.9. The van der Waals surface area contributed by atoms with E-state index in [4.69, 9.17) is 0 Å². The van der Waals surface area contributed by atoms with Crippen LogP contribution in [0.2, 0.25) is 0 Å². The third kappa shape index (κ3) is 3.83. The van der Waals surface area contributed by atoms with Crippen LogP contribution >= 0.6 is 11.8 Å². The van der Waals surface area contributed by atoms with E-state index in [1.807, 2.05) is 0 Å². The summed E-state index contributed by atoms with van der Waals surface area (Å²) < 4.78 is 13.0. The number of hydrogen-bond acceptors (Lipinski definition) is 5. The van der Waals surface area contributed by atoms with Crippen molar-refractivity contribution < 1.29 is 14.0 Å². The number of halogens is 1. The zero-order chi connectivity index (χ0) is 18.7. The number of aromatic nitrogens is 2. The summed E-state index contributed by atoms with van der Waals surface area (Å²) in [5.74, 6) is -1.75. The van der Waals surface area contributed by atoms with Crippen molar-refractivity contribution in [2.75, 3.05) is 16.4 Å². The van der Waals surface area contributed by atoms with E-state index >= 15 is 0 Å². The molecule has 1 aromatic heterocycles. The van der Waals surface area contributed by atoms with Crippen molar-refractivity contribution in [1.82, 2.24) is 9.97 Å². The van der Waals surface area contributed by atoms with Crippen LogP contribution in [0.15, 0.2) is 46.9 Å². The molecule has 134 valence electrons. The van der Waals surface area contributed by atoms with Gasteiger partial charge < -0.3 is 15.6 Å². The van der Waals surface area contributed by atoms with Crippen LogP contribution in [0.4, 0.5) is 15.9 Å². The standard InChI is InChI=1S/C17H15FN4O3S/c1-2-7-26-17-21-14-13(16(25)22-17)11(8-12(23)20-14)15(24)19-10-5-3-9(18)4-6-10/h2-6,11H,1,7-8H2,(H,19,24)(H2,20,21,22,23,25)/t11-/m1/s1. The highest BCUT2D eigenvalue weighted by Crippen LogP contribution is 2.30. The molecule has 26 heavy (non-hydrogen) atoms. The Morgan fingerprint density at radius 3 is 2.81 bits per heavy atom. The third-order valence-electron chi connectivity index (χ3n) is 3.70. The zero-order valence-corrected chi connectivity index (χ0v) is 14.4. The highest BCUT2D eigenvalue weighted by atomic mass is 32.2. The zero-order valence-electron chi connectivity index (χ0n) is 13.5. The van der Waals surface area contributed by atoms with Gasteiger partial charge in [0, 0.05) is 17.9 Å². The molecule has 9 heteroatoms. The molecular weight excluding hydrogens is 359 g/mol. The van der Waals surface area contributed by atoms with Gasteiger partial charge in [0.1, 0.15) is 11.6 Å². The average molecular weight is 374 g/mol. The number of fused-ring (bicyclic) bond motifs is 1. The number of benzene rings is 1. The van der Waals surface area contributed by atoms with E-state index in [2.05, 4.69) is 27.2 Å². The molecule has 7 nitrogen and oxygen atoms in total. The quantitative estimate of drug-likeness (QED) is 0.423. The molecule has 0 aliphatic carbocycles. The Morgan fingerprint density at radius 2 is 2.12 bits per heavy atom. The van der Waals surface area contributed by atoms with Crippen LogP contribution in [0.3, 0.4) is 0 Å². The fraction of sp³-hybridized carbons (Fsp3) is 0.176. The van der Waals surface area contributed by atoms with Crippen molar-refractivity contribution in [3.05, 3.63) is 58.7 Å². The fourth-order valence-electron chi connectivity index (χ4n) is 2.54. The van der Waals surface area contributed by atoms with Crippen molar-refractivity contribution in [3.8, 4) is 0 Å². The number of thioether (sulfide) groups is 1. The lowest BCUT2D eigenvalue weighted by Crippen LogP contribution is -2.36. The highest BCUT2D eigenvalue weighted by Gasteiger charge is 2.34. The Labute approximate surface area is 152 Å². The average Bonchev–Trinajstić information content (AvgIpc) is 2.60. The highest BCUT2D eigenvalue weighted by molar-refractivity contribution is 7.99. The first-order chi connectivity index (χ1) is 12.5. The Morgan fingerprint density at radius 1 is 1.38 bits per heavy atom. The minimum atomic E-state index is -0.987. The maximum absolute atomic E-state index is 13.0. The Hall–Kier alpha value is -2.94. The number of nitrogens with zero attached hydrogens (tertiary/aromatic N) is 1. The molecule has 1 aliphatic heterocycles. The lowest BCUT2D eigenvalue weighted by atomic mass is 9.92. The number of nitrogens with one attached hydrogen (secondary N) is 3. The number of rotatable bonds is 5. The van der Waals surface area contributed by atoms with Gasteiger partial charge in [0.05, 0.1) is 11.5 Å². The molecule has 1 atom stereocenters. The van der Waals surface area contributed by atoms with E-state index in [9.17, 15) is 18.8 Å². The Balaban J connectivity index is 1.91. The van der Waals surface area contributed by atoms with Crippen molar-refractivity contribution >= 4 is 35.1 Å². The molecule has 3 rings (SSSR count). The number of anilines is 2. The molecule has 1 aromatic carbocycles. The number of amides is 2. The number of carbonyl (C=O) groups excluding carboxylic acids is 2. The van der Waals surface area contributed by atoms with E-state index in [0.29, 0.717) is 16.6 Å². The minimum Gasteiger partial charge on any atom is -0.326 e. The summed E-state index contributed by atoms with van der Waals surface area (Å²) in [4.78, 5) is 43.8. The molecule has 0 radical (unpaired) electrons. The van der Waals surface area contributed by atoms with E-state index in [1.54, 1.807) is 6.08 Å². The van der Waals surface area contributed by atoms with Gasteiger partial charge >= 0.3 is 0 Å². The summed E-state index contributed by atoms with van der Waals surface area (Å²) in [7, 11) is 0. The molecule has 0 saturated carbocycles. The second-order valence-corrected chi connectivity index (χ2v) is 6.54. The van der Waals surface area contributed by atoms with Crippen LogP contribution in [0.5, 0.6) is 0 Å². The molecule has 0 unspecified atom stereocenters. The van der Waals surface area contributed by atoms with Crippen LogP contribution < -0.4 is 16.2 Å². The molecule has 3 N–H and O–H groups in total. The van der Waals surface area contributed by atoms with Crippen molar-refractivity contribution in [2.45, 2.75) is 17.5 Å². The number of carbonyl (C=O) groups is 2. The monoisotopic (exact) mass is 374 g/mol. The van der Waals surface area contributed by atoms with Crippen LogP contribution in [0.25, 0.3) is 0 Å². The second-order valence-electron chi connectivity index (χ2n) is 5.53. The van der Waals surface area contributed by atoms with Gasteiger partial charge in [-0.25, -0.2) is 9.37 Å². The van der Waals surface area contributed by atoms with Gasteiger partial charge in [-0.1, -0.05) is 17.8 Å². The number of H-pyrrole nitrogens is 1. The van der Waals surface area contributed by atoms with Crippen LogP contribution in [0, 0.1) is 5.82 Å². The topological polar surface area (TPSA) is 104 Å². The normalized spacial score (nSPS) is 15.7. The summed E-state index contributed by atoms with van der Waals surface area (Å²) in [6.07, 6.45) is 1.48. The maximum Gasteiger partial charge on any atom is 0.257 e. The van der Waals surface area contributed by atoms with Crippen LogP contribution in [-0.2, 0) is 9.59 Å². The molecule has 0 fully saturated rings. The smallest absolute Gasteiger partial charge is 0.257 e. The first-order valence-corrected chi connectivity index (χ1v) is 8.70. The van der Waals surface area contributed by atoms with E-state index in [1.165, 1.54) is 36.0 Å². The van der Waals surface area contributed by atoms with E-state index < -0.39 is 29.1 Å². The third-order valence-corrected chi connectivity index (χ3v) is 4.56. The Bertz CT molecular complexity index is 927. The Kier molecular flexibility index (Phi) is 5.17. The molecular formula is C17H15FN4O3S. The predicted octanol–water partition coefficient (Wildman–Crippen LogP) is 2.25. The SMILES string of the molecule is C=CCSc1nc2c(c(=O)[nH]1)[C@H](C(=O)Nc1ccc(F)cc1)CC(=O)N2. The van der Waals surface area contributed by atoms with Crippen LogP contribution in [0.1, 0.15) is 17.9 Å². The molecule has 2 aromatic rings. The lowest BCUT2D eigenvalue weighted by Gasteiger charge is -2.23. The van der Waals surface area contributed by atoms with Gasteiger partial charge in [0.25, 0.3) is 5.56 Å². The summed E-state index contributed by atoms with van der Waals surface area (Å²) >= 11 is 1.25. The van der Waals surface area contributed by atoms with Crippen molar-refractivity contribution in [1.29, 1.82) is 0 Å². The summed E-state index contributed by atoms with van der Waals surface area (Å²) in [5, 5.41) is 5.45. The summed E-state index contributed by atoms with van der Waals surface area (Å²) in [6, 6.07) is 5.20. The van der Waals surface area contributed by atoms with Crippen molar-refractivity contribution in [2.24, 2.45) is 0 Å². The predicted molar refractivity (Wildman–Crippen MR) is 96.8 cm³/mol. The summed E-state index contributed by atoms with van der Waals surface area (Å²) in [6.45, 7) is 3.59. The number of hydrogen-bond donors (Lipinski definition) is 3. The van der Waals surface area contributed by atoms with Gasteiger partial charge in [-0.3, -0.25) is 14.4 Å². The first-order valence-electron chi connectivity index (χ1n) is 7.72. The van der Waals surface area contributed by atoms with E-state index in [-0.39, 0.29) is 17.8 Å². The summed E-state index contributed by atoms with van der Waals surface area (Å²) in [5.41, 5.74) is -0.0144. The largest absolute Gasteiger partial charge is 0.326 e. The second kappa shape index (κ2) is 7.52. The molecule has 0 saturated heterocycles. The molecule has 0 spiro atoms. The molecule has 0 bridgehead atoms. The molecule has 2 heterocycles. The maximum atomic E-state index is 13.0.